The van der Waals surface area contributed by atoms with Gasteiger partial charge < -0.3 is 35.2 Å². The van der Waals surface area contributed by atoms with E-state index in [4.69, 9.17) is 35.2 Å². The van der Waals surface area contributed by atoms with E-state index in [1.165, 1.54) is 128 Å². The average molecular weight is 817 g/mol. The van der Waals surface area contributed by atoms with Crippen molar-refractivity contribution in [1.29, 1.82) is 0 Å². The van der Waals surface area contributed by atoms with Crippen molar-refractivity contribution in [1.82, 2.24) is 0 Å². The van der Waals surface area contributed by atoms with Crippen molar-refractivity contribution in [3.63, 3.8) is 0 Å². The molecule has 9 heteroatoms. The van der Waals surface area contributed by atoms with Gasteiger partial charge in [0.1, 0.15) is 11.5 Å². The fraction of sp³-hybridized carbons (Fsp3) is 0.600. The third-order valence-corrected chi connectivity index (χ3v) is 10.5. The normalized spacial score (nSPS) is 11.0. The van der Waals surface area contributed by atoms with Crippen LogP contribution < -0.4 is 35.2 Å². The first kappa shape index (κ1) is 49.0. The topological polar surface area (TPSA) is 132 Å². The molecule has 0 saturated carbocycles. The lowest BCUT2D eigenvalue weighted by molar-refractivity contribution is 0.0719. The molecule has 3 aromatic carbocycles. The Balaban J connectivity index is 1.73. The minimum absolute atomic E-state index is 0.240. The van der Waals surface area contributed by atoms with Gasteiger partial charge in [-0.3, -0.25) is 0 Å². The number of esters is 2. The summed E-state index contributed by atoms with van der Waals surface area (Å²) in [6, 6.07) is 14.3. The molecule has 59 heavy (non-hydrogen) atoms. The first-order valence-electron chi connectivity index (χ1n) is 23.1. The van der Waals surface area contributed by atoms with Crippen LogP contribution in [0.3, 0.4) is 0 Å². The molecular formula is C50H76N2O7. The average Bonchev–Trinajstić information content (AvgIpc) is 3.22. The van der Waals surface area contributed by atoms with E-state index in [0.717, 1.165) is 38.5 Å². The molecule has 9 nitrogen and oxygen atoms in total. The van der Waals surface area contributed by atoms with E-state index in [0.29, 0.717) is 59.8 Å². The Labute approximate surface area is 356 Å². The van der Waals surface area contributed by atoms with Crippen LogP contribution in [0.25, 0.3) is 0 Å². The number of carbonyl (C=O) groups excluding carboxylic acids is 2. The van der Waals surface area contributed by atoms with Crippen molar-refractivity contribution in [3.8, 4) is 28.7 Å². The molecule has 0 saturated heterocycles. The van der Waals surface area contributed by atoms with Gasteiger partial charge in [0, 0.05) is 11.4 Å². The number of nitrogen functional groups attached to an aromatic ring is 2. The van der Waals surface area contributed by atoms with Gasteiger partial charge in [-0.2, -0.15) is 0 Å². The number of hydrogen-bond acceptors (Lipinski definition) is 9. The summed E-state index contributed by atoms with van der Waals surface area (Å²) in [6.45, 7) is 8.31. The van der Waals surface area contributed by atoms with E-state index >= 15 is 0 Å². The Bertz CT molecular complexity index is 1530. The summed E-state index contributed by atoms with van der Waals surface area (Å²) in [5.41, 5.74) is 13.0. The van der Waals surface area contributed by atoms with E-state index in [2.05, 4.69) is 20.8 Å². The Morgan fingerprint density at radius 1 is 0.407 bits per heavy atom. The van der Waals surface area contributed by atoms with Crippen molar-refractivity contribution >= 4 is 23.3 Å². The number of rotatable bonds is 34. The summed E-state index contributed by atoms with van der Waals surface area (Å²) < 4.78 is 30.6. The fourth-order valence-corrected chi connectivity index (χ4v) is 7.00. The van der Waals surface area contributed by atoms with Crippen LogP contribution >= 0.6 is 0 Å². The first-order valence-corrected chi connectivity index (χ1v) is 23.1. The van der Waals surface area contributed by atoms with Crippen LogP contribution in [0, 0.1) is 0 Å². The van der Waals surface area contributed by atoms with E-state index < -0.39 is 11.9 Å². The van der Waals surface area contributed by atoms with Gasteiger partial charge in [-0.05, 0) is 73.9 Å². The summed E-state index contributed by atoms with van der Waals surface area (Å²) >= 11 is 0. The highest BCUT2D eigenvalue weighted by atomic mass is 16.6. The maximum Gasteiger partial charge on any atom is 0.343 e. The molecule has 0 radical (unpaired) electrons. The molecule has 0 atom stereocenters. The van der Waals surface area contributed by atoms with Crippen LogP contribution in [0.1, 0.15) is 196 Å². The van der Waals surface area contributed by atoms with Gasteiger partial charge in [-0.1, -0.05) is 156 Å². The maximum atomic E-state index is 13.7. The van der Waals surface area contributed by atoms with Crippen LogP contribution in [0.2, 0.25) is 0 Å². The number of hydrogen-bond donors (Lipinski definition) is 2. The second kappa shape index (κ2) is 30.6. The number of benzene rings is 3. The number of ether oxygens (including phenoxy) is 5. The van der Waals surface area contributed by atoms with Crippen molar-refractivity contribution in [3.05, 3.63) is 65.7 Å². The molecule has 0 fully saturated rings. The van der Waals surface area contributed by atoms with Crippen molar-refractivity contribution in [2.24, 2.45) is 0 Å². The molecule has 3 rings (SSSR count). The lowest BCUT2D eigenvalue weighted by Gasteiger charge is -2.19. The predicted octanol–water partition coefficient (Wildman–Crippen LogP) is 13.8. The van der Waals surface area contributed by atoms with Gasteiger partial charge in [-0.15, -0.1) is 0 Å². The molecule has 0 spiro atoms. The molecule has 0 aliphatic rings. The Kier molecular flexibility index (Phi) is 25.4. The monoisotopic (exact) mass is 817 g/mol. The molecule has 0 unspecified atom stereocenters. The predicted molar refractivity (Wildman–Crippen MR) is 242 cm³/mol. The van der Waals surface area contributed by atoms with Gasteiger partial charge in [0.2, 0.25) is 5.75 Å². The van der Waals surface area contributed by atoms with Gasteiger partial charge >= 0.3 is 11.9 Å². The molecule has 0 aromatic heterocycles. The van der Waals surface area contributed by atoms with Gasteiger partial charge in [0.05, 0.1) is 30.9 Å². The summed E-state index contributed by atoms with van der Waals surface area (Å²) in [6.07, 6.45) is 28.8. The summed E-state index contributed by atoms with van der Waals surface area (Å²) in [4.78, 5) is 26.4. The Hall–Kier alpha value is -4.40. The van der Waals surface area contributed by atoms with Crippen LogP contribution in [-0.2, 0) is 0 Å². The zero-order chi connectivity index (χ0) is 42.3. The standard InChI is InChI=1S/C50H76N2O7/c1-4-7-10-13-16-19-22-25-32-55-46-37-41(50(54)59-45-30-28-44(29-31-45)58-49(53)40-35-42(51)39-43(52)36-40)38-47(56-33-26-23-20-17-14-11-8-5-2)48(46)57-34-27-24-21-18-15-12-9-6-3/h28-31,35-39H,4-27,32-34,51-52H2,1-3H3. The number of unbranched alkanes of at least 4 members (excludes halogenated alkanes) is 21. The largest absolute Gasteiger partial charge is 0.490 e. The van der Waals surface area contributed by atoms with Crippen molar-refractivity contribution in [2.45, 2.75) is 175 Å². The summed E-state index contributed by atoms with van der Waals surface area (Å²) in [5, 5.41) is 0. The highest BCUT2D eigenvalue weighted by Gasteiger charge is 2.21. The minimum Gasteiger partial charge on any atom is -0.490 e. The second-order valence-corrected chi connectivity index (χ2v) is 15.9. The Morgan fingerprint density at radius 3 is 1.07 bits per heavy atom. The summed E-state index contributed by atoms with van der Waals surface area (Å²) in [7, 11) is 0. The lowest BCUT2D eigenvalue weighted by Crippen LogP contribution is -2.12. The van der Waals surface area contributed by atoms with E-state index in [1.807, 2.05) is 0 Å². The van der Waals surface area contributed by atoms with Crippen molar-refractivity contribution < 1.29 is 33.3 Å². The van der Waals surface area contributed by atoms with Crippen LogP contribution in [0.15, 0.2) is 54.6 Å². The number of carbonyl (C=O) groups is 2. The first-order chi connectivity index (χ1) is 28.8. The molecule has 0 bridgehead atoms. The molecule has 0 aliphatic carbocycles. The minimum atomic E-state index is -0.600. The summed E-state index contributed by atoms with van der Waals surface area (Å²) in [5.74, 6) is 0.959. The molecule has 0 heterocycles. The third kappa shape index (κ3) is 20.9. The zero-order valence-corrected chi connectivity index (χ0v) is 36.8. The number of nitrogens with two attached hydrogens (primary N) is 2. The molecule has 3 aromatic rings. The van der Waals surface area contributed by atoms with Crippen LogP contribution in [0.4, 0.5) is 11.4 Å². The van der Waals surface area contributed by atoms with Crippen LogP contribution in [0.5, 0.6) is 28.7 Å². The zero-order valence-electron chi connectivity index (χ0n) is 36.8. The maximum absolute atomic E-state index is 13.7. The molecule has 0 amide bonds. The highest BCUT2D eigenvalue weighted by Crippen LogP contribution is 2.40. The highest BCUT2D eigenvalue weighted by molar-refractivity contribution is 5.94. The quantitative estimate of drug-likeness (QED) is 0.0261. The number of anilines is 2. The SMILES string of the molecule is CCCCCCCCCCOc1cc(C(=O)Oc2ccc(OC(=O)c3cc(N)cc(N)c3)cc2)cc(OCCCCCCCCCC)c1OCCCCCCCCCC. The molecule has 0 aliphatic heterocycles. The lowest BCUT2D eigenvalue weighted by atomic mass is 10.1. The third-order valence-electron chi connectivity index (χ3n) is 10.5. The molecule has 4 N–H and O–H groups in total. The molecular weight excluding hydrogens is 741 g/mol. The Morgan fingerprint density at radius 2 is 0.712 bits per heavy atom. The smallest absolute Gasteiger partial charge is 0.343 e. The second-order valence-electron chi connectivity index (χ2n) is 15.9. The van der Waals surface area contributed by atoms with E-state index in [1.54, 1.807) is 42.5 Å². The molecule has 328 valence electrons. The van der Waals surface area contributed by atoms with Gasteiger partial charge in [0.25, 0.3) is 0 Å². The van der Waals surface area contributed by atoms with Crippen molar-refractivity contribution in [2.75, 3.05) is 31.3 Å². The van der Waals surface area contributed by atoms with Gasteiger partial charge in [-0.25, -0.2) is 9.59 Å². The van der Waals surface area contributed by atoms with E-state index in [-0.39, 0.29) is 11.3 Å². The fourth-order valence-electron chi connectivity index (χ4n) is 7.00. The van der Waals surface area contributed by atoms with Crippen LogP contribution in [-0.4, -0.2) is 31.8 Å². The van der Waals surface area contributed by atoms with E-state index in [9.17, 15) is 9.59 Å². The van der Waals surface area contributed by atoms with Gasteiger partial charge in [0.15, 0.2) is 11.5 Å².